The summed E-state index contributed by atoms with van der Waals surface area (Å²) in [6.07, 6.45) is -6.27. The van der Waals surface area contributed by atoms with Crippen molar-refractivity contribution in [1.29, 1.82) is 0 Å². The third-order valence-electron chi connectivity index (χ3n) is 3.85. The summed E-state index contributed by atoms with van der Waals surface area (Å²) in [5.41, 5.74) is -0.886. The average molecular weight is 361 g/mol. The van der Waals surface area contributed by atoms with E-state index in [9.17, 15) is 32.7 Å². The number of amides is 2. The molecule has 1 aromatic rings. The van der Waals surface area contributed by atoms with E-state index in [2.05, 4.69) is 5.32 Å². The Labute approximate surface area is 141 Å². The van der Waals surface area contributed by atoms with Gasteiger partial charge in [-0.15, -0.1) is 0 Å². The van der Waals surface area contributed by atoms with E-state index in [-0.39, 0.29) is 30.5 Å². The normalized spacial score (nSPS) is 14.6. The van der Waals surface area contributed by atoms with Gasteiger partial charge in [0.1, 0.15) is 6.42 Å². The molecule has 0 aromatic carbocycles. The molecule has 2 N–H and O–H groups in total. The molecule has 7 nitrogen and oxygen atoms in total. The highest BCUT2D eigenvalue weighted by atomic mass is 19.4. The molecule has 10 heteroatoms. The maximum absolute atomic E-state index is 12.5. The summed E-state index contributed by atoms with van der Waals surface area (Å²) >= 11 is 0. The first-order valence-corrected chi connectivity index (χ1v) is 7.61. The Morgan fingerprint density at radius 1 is 1.32 bits per heavy atom. The van der Waals surface area contributed by atoms with Crippen LogP contribution in [0.5, 0.6) is 5.75 Å². The second-order valence-corrected chi connectivity index (χ2v) is 6.01. The van der Waals surface area contributed by atoms with Gasteiger partial charge in [0.25, 0.3) is 5.91 Å². The molecule has 1 aliphatic heterocycles. The van der Waals surface area contributed by atoms with Gasteiger partial charge in [0, 0.05) is 30.9 Å². The topological polar surface area (TPSA) is 91.6 Å². The van der Waals surface area contributed by atoms with Crippen molar-refractivity contribution >= 4 is 11.8 Å². The van der Waals surface area contributed by atoms with Crippen molar-refractivity contribution in [1.82, 2.24) is 14.8 Å². The molecule has 1 aliphatic rings. The SMILES string of the molecule is CC(C)N1CCn2c(CNC(=O)CC(F)(F)F)cc(=O)c(O)c2C1=O. The van der Waals surface area contributed by atoms with Gasteiger partial charge in [0.05, 0.1) is 6.54 Å². The van der Waals surface area contributed by atoms with Crippen LogP contribution in [0.1, 0.15) is 36.5 Å². The summed E-state index contributed by atoms with van der Waals surface area (Å²) < 4.78 is 37.9. The van der Waals surface area contributed by atoms with Crippen LogP contribution in [0.25, 0.3) is 0 Å². The zero-order chi connectivity index (χ0) is 18.9. The fraction of sp³-hybridized carbons (Fsp3) is 0.533. The number of halogens is 3. The minimum absolute atomic E-state index is 0.147. The lowest BCUT2D eigenvalue weighted by atomic mass is 10.1. The number of pyridine rings is 1. The molecule has 0 saturated heterocycles. The van der Waals surface area contributed by atoms with Crippen molar-refractivity contribution in [2.45, 2.75) is 45.6 Å². The van der Waals surface area contributed by atoms with Gasteiger partial charge >= 0.3 is 6.18 Å². The monoisotopic (exact) mass is 361 g/mol. The standard InChI is InChI=1S/C15H18F3N3O4/c1-8(2)20-3-4-21-9(7-19-11(23)6-15(16,17)18)5-10(22)13(24)12(21)14(20)25/h5,8,24H,3-4,6-7H2,1-2H3,(H,19,23). The Bertz CT molecular complexity index is 756. The van der Waals surface area contributed by atoms with Crippen molar-refractivity contribution in [3.8, 4) is 5.75 Å². The van der Waals surface area contributed by atoms with Crippen LogP contribution in [-0.2, 0) is 17.9 Å². The predicted molar refractivity (Wildman–Crippen MR) is 81.1 cm³/mol. The van der Waals surface area contributed by atoms with Crippen molar-refractivity contribution in [2.24, 2.45) is 0 Å². The van der Waals surface area contributed by atoms with E-state index in [1.165, 1.54) is 9.47 Å². The molecular weight excluding hydrogens is 343 g/mol. The molecule has 0 atom stereocenters. The Morgan fingerprint density at radius 2 is 1.96 bits per heavy atom. The van der Waals surface area contributed by atoms with Gasteiger partial charge in [-0.25, -0.2) is 0 Å². The number of hydrogen-bond acceptors (Lipinski definition) is 4. The van der Waals surface area contributed by atoms with Crippen LogP contribution in [0.3, 0.4) is 0 Å². The number of fused-ring (bicyclic) bond motifs is 1. The Balaban J connectivity index is 2.30. The maximum atomic E-state index is 12.5. The lowest BCUT2D eigenvalue weighted by Crippen LogP contribution is -2.46. The number of aromatic nitrogens is 1. The predicted octanol–water partition coefficient (Wildman–Crippen LogP) is 0.987. The summed E-state index contributed by atoms with van der Waals surface area (Å²) in [4.78, 5) is 37.1. The Kier molecular flexibility index (Phi) is 5.09. The maximum Gasteiger partial charge on any atom is 0.397 e. The zero-order valence-corrected chi connectivity index (χ0v) is 13.7. The highest BCUT2D eigenvalue weighted by Gasteiger charge is 2.33. The van der Waals surface area contributed by atoms with Gasteiger partial charge in [-0.2, -0.15) is 13.2 Å². The van der Waals surface area contributed by atoms with Crippen LogP contribution in [0.4, 0.5) is 13.2 Å². The van der Waals surface area contributed by atoms with Gasteiger partial charge in [-0.3, -0.25) is 14.4 Å². The molecule has 0 radical (unpaired) electrons. The fourth-order valence-corrected chi connectivity index (χ4v) is 2.68. The summed E-state index contributed by atoms with van der Waals surface area (Å²) in [5.74, 6) is -2.49. The molecule has 0 aliphatic carbocycles. The number of aromatic hydroxyl groups is 1. The number of rotatable bonds is 4. The molecule has 2 amide bonds. The van der Waals surface area contributed by atoms with E-state index >= 15 is 0 Å². The highest BCUT2D eigenvalue weighted by Crippen LogP contribution is 2.23. The zero-order valence-electron chi connectivity index (χ0n) is 13.7. The summed E-state index contributed by atoms with van der Waals surface area (Å²) in [5, 5.41) is 12.0. The first-order valence-electron chi connectivity index (χ1n) is 7.61. The number of nitrogens with zero attached hydrogens (tertiary/aromatic N) is 2. The van der Waals surface area contributed by atoms with Crippen molar-refractivity contribution in [3.05, 3.63) is 27.7 Å². The first-order chi connectivity index (χ1) is 11.5. The molecule has 0 fully saturated rings. The number of carbonyl (C=O) groups is 2. The van der Waals surface area contributed by atoms with Gasteiger partial charge in [-0.05, 0) is 13.8 Å². The number of nitrogens with one attached hydrogen (secondary N) is 1. The van der Waals surface area contributed by atoms with Gasteiger partial charge in [0.2, 0.25) is 11.3 Å². The van der Waals surface area contributed by atoms with Crippen LogP contribution in [-0.4, -0.2) is 45.2 Å². The molecule has 25 heavy (non-hydrogen) atoms. The minimum Gasteiger partial charge on any atom is -0.503 e. The quantitative estimate of drug-likeness (QED) is 0.837. The number of carbonyl (C=O) groups excluding carboxylic acids is 2. The smallest absolute Gasteiger partial charge is 0.397 e. The number of alkyl halides is 3. The fourth-order valence-electron chi connectivity index (χ4n) is 2.68. The van der Waals surface area contributed by atoms with Gasteiger partial charge < -0.3 is 19.9 Å². The van der Waals surface area contributed by atoms with Crippen LogP contribution < -0.4 is 10.7 Å². The Hall–Kier alpha value is -2.52. The summed E-state index contributed by atoms with van der Waals surface area (Å²) in [6, 6.07) is 0.858. The van der Waals surface area contributed by atoms with Crippen LogP contribution in [0, 0.1) is 0 Å². The van der Waals surface area contributed by atoms with E-state index in [1.807, 2.05) is 0 Å². The largest absolute Gasteiger partial charge is 0.503 e. The molecular formula is C15H18F3N3O4. The van der Waals surface area contributed by atoms with E-state index in [0.29, 0.717) is 6.54 Å². The van der Waals surface area contributed by atoms with Crippen LogP contribution in [0.2, 0.25) is 0 Å². The third-order valence-corrected chi connectivity index (χ3v) is 3.85. The van der Waals surface area contributed by atoms with Gasteiger partial charge in [-0.1, -0.05) is 0 Å². The molecule has 2 heterocycles. The lowest BCUT2D eigenvalue weighted by Gasteiger charge is -2.34. The van der Waals surface area contributed by atoms with Crippen LogP contribution in [0.15, 0.2) is 10.9 Å². The van der Waals surface area contributed by atoms with E-state index < -0.39 is 35.6 Å². The second kappa shape index (κ2) is 6.77. The molecule has 0 unspecified atom stereocenters. The molecule has 0 spiro atoms. The molecule has 1 aromatic heterocycles. The van der Waals surface area contributed by atoms with E-state index in [0.717, 1.165) is 6.07 Å². The van der Waals surface area contributed by atoms with E-state index in [4.69, 9.17) is 0 Å². The molecule has 2 rings (SSSR count). The molecule has 0 bridgehead atoms. The lowest BCUT2D eigenvalue weighted by molar-refractivity contribution is -0.153. The minimum atomic E-state index is -4.64. The second-order valence-electron chi connectivity index (χ2n) is 6.01. The summed E-state index contributed by atoms with van der Waals surface area (Å²) in [6.45, 7) is 3.77. The molecule has 138 valence electrons. The van der Waals surface area contributed by atoms with Crippen molar-refractivity contribution in [3.63, 3.8) is 0 Å². The average Bonchev–Trinajstić information content (AvgIpc) is 2.47. The van der Waals surface area contributed by atoms with Crippen molar-refractivity contribution < 1.29 is 27.9 Å². The van der Waals surface area contributed by atoms with Gasteiger partial charge in [0.15, 0.2) is 11.4 Å². The van der Waals surface area contributed by atoms with E-state index in [1.54, 1.807) is 13.8 Å². The Morgan fingerprint density at radius 3 is 2.52 bits per heavy atom. The van der Waals surface area contributed by atoms with Crippen molar-refractivity contribution in [2.75, 3.05) is 6.54 Å². The van der Waals surface area contributed by atoms with Crippen LogP contribution >= 0.6 is 0 Å². The summed E-state index contributed by atoms with van der Waals surface area (Å²) in [7, 11) is 0. The third kappa shape index (κ3) is 4.12. The number of hydrogen-bond donors (Lipinski definition) is 2. The first kappa shape index (κ1) is 18.8. The molecule has 0 saturated carbocycles. The highest BCUT2D eigenvalue weighted by molar-refractivity contribution is 5.96.